The molecule has 0 saturated heterocycles. The molecule has 0 saturated carbocycles. The zero-order valence-electron chi connectivity index (χ0n) is 9.36. The average molecular weight is 322 g/mol. The van der Waals surface area contributed by atoms with Crippen LogP contribution < -0.4 is 5.14 Å². The van der Waals surface area contributed by atoms with Gasteiger partial charge in [-0.05, 0) is 31.5 Å². The van der Waals surface area contributed by atoms with E-state index in [0.717, 1.165) is 0 Å². The average Bonchev–Trinajstić information content (AvgIpc) is 2.19. The standard InChI is InChI=1S/C10H12BrNO4S/c1-3-16-10(13)8-4-7(11)5-9(6(8)2)17(12,14)15/h4-5H,3H2,1-2H3,(H2,12,14,15). The van der Waals surface area contributed by atoms with Crippen molar-refractivity contribution in [2.45, 2.75) is 18.7 Å². The van der Waals surface area contributed by atoms with Crippen molar-refractivity contribution < 1.29 is 17.9 Å². The Kier molecular flexibility index (Phi) is 4.29. The number of nitrogens with two attached hydrogens (primary N) is 1. The molecule has 7 heteroatoms. The van der Waals surface area contributed by atoms with E-state index in [4.69, 9.17) is 9.88 Å². The molecule has 1 aromatic carbocycles. The Morgan fingerprint density at radius 1 is 1.47 bits per heavy atom. The topological polar surface area (TPSA) is 86.5 Å². The van der Waals surface area contributed by atoms with Gasteiger partial charge in [-0.1, -0.05) is 15.9 Å². The normalized spacial score (nSPS) is 11.3. The van der Waals surface area contributed by atoms with Crippen molar-refractivity contribution >= 4 is 31.9 Å². The number of primary sulfonamides is 1. The lowest BCUT2D eigenvalue weighted by Crippen LogP contribution is -2.16. The second-order valence-corrected chi connectivity index (χ2v) is 5.79. The zero-order chi connectivity index (χ0) is 13.2. The first-order valence-corrected chi connectivity index (χ1v) is 7.11. The molecule has 0 fully saturated rings. The molecule has 0 unspecified atom stereocenters. The van der Waals surface area contributed by atoms with Gasteiger partial charge >= 0.3 is 5.97 Å². The van der Waals surface area contributed by atoms with Gasteiger partial charge in [0, 0.05) is 4.47 Å². The van der Waals surface area contributed by atoms with Gasteiger partial charge < -0.3 is 4.74 Å². The van der Waals surface area contributed by atoms with Crippen molar-refractivity contribution in [3.05, 3.63) is 27.7 Å². The molecule has 1 rings (SSSR count). The van der Waals surface area contributed by atoms with E-state index in [1.807, 2.05) is 0 Å². The molecule has 1 aromatic rings. The van der Waals surface area contributed by atoms with Crippen molar-refractivity contribution in [3.8, 4) is 0 Å². The summed E-state index contributed by atoms with van der Waals surface area (Å²) in [5, 5.41) is 5.07. The van der Waals surface area contributed by atoms with Crippen LogP contribution in [0.15, 0.2) is 21.5 Å². The Hall–Kier alpha value is -0.920. The van der Waals surface area contributed by atoms with E-state index in [9.17, 15) is 13.2 Å². The molecule has 0 amide bonds. The molecule has 0 bridgehead atoms. The third kappa shape index (κ3) is 3.27. The van der Waals surface area contributed by atoms with Crippen molar-refractivity contribution in [1.82, 2.24) is 0 Å². The first-order chi connectivity index (χ1) is 7.77. The fraction of sp³-hybridized carbons (Fsp3) is 0.300. The number of sulfonamides is 1. The molecule has 0 aromatic heterocycles. The molecule has 0 aliphatic carbocycles. The highest BCUT2D eigenvalue weighted by molar-refractivity contribution is 9.10. The third-order valence-corrected chi connectivity index (χ3v) is 3.62. The first kappa shape index (κ1) is 14.1. The van der Waals surface area contributed by atoms with Gasteiger partial charge in [-0.3, -0.25) is 0 Å². The maximum Gasteiger partial charge on any atom is 0.338 e. The van der Waals surface area contributed by atoms with Crippen LogP contribution in [-0.2, 0) is 14.8 Å². The molecular formula is C10H12BrNO4S. The number of esters is 1. The Balaban J connectivity index is 3.44. The van der Waals surface area contributed by atoms with Crippen molar-refractivity contribution in [3.63, 3.8) is 0 Å². The first-order valence-electron chi connectivity index (χ1n) is 4.77. The summed E-state index contributed by atoms with van der Waals surface area (Å²) < 4.78 is 28.0. The number of hydrogen-bond donors (Lipinski definition) is 1. The highest BCUT2D eigenvalue weighted by Crippen LogP contribution is 2.24. The number of hydrogen-bond acceptors (Lipinski definition) is 4. The van der Waals surface area contributed by atoms with Crippen molar-refractivity contribution in [2.75, 3.05) is 6.61 Å². The number of rotatable bonds is 3. The lowest BCUT2D eigenvalue weighted by molar-refractivity contribution is 0.0525. The second-order valence-electron chi connectivity index (χ2n) is 3.34. The van der Waals surface area contributed by atoms with Crippen LogP contribution in [0.5, 0.6) is 0 Å². The second kappa shape index (κ2) is 5.16. The molecule has 0 radical (unpaired) electrons. The molecule has 0 aliphatic heterocycles. The Labute approximate surface area is 108 Å². The van der Waals surface area contributed by atoms with Gasteiger partial charge in [0.2, 0.25) is 10.0 Å². The Bertz CT molecular complexity index is 554. The largest absolute Gasteiger partial charge is 0.462 e. The van der Waals surface area contributed by atoms with E-state index in [0.29, 0.717) is 4.47 Å². The summed E-state index contributed by atoms with van der Waals surface area (Å²) in [5.41, 5.74) is 0.472. The minimum atomic E-state index is -3.86. The number of ether oxygens (including phenoxy) is 1. The van der Waals surface area contributed by atoms with Gasteiger partial charge in [0.05, 0.1) is 17.1 Å². The quantitative estimate of drug-likeness (QED) is 0.856. The van der Waals surface area contributed by atoms with E-state index < -0.39 is 16.0 Å². The minimum Gasteiger partial charge on any atom is -0.462 e. The molecule has 2 N–H and O–H groups in total. The molecule has 0 heterocycles. The molecule has 5 nitrogen and oxygen atoms in total. The molecule has 0 atom stereocenters. The van der Waals surface area contributed by atoms with Gasteiger partial charge in [0.25, 0.3) is 0 Å². The van der Waals surface area contributed by atoms with Crippen LogP contribution in [0.4, 0.5) is 0 Å². The Morgan fingerprint density at radius 3 is 2.53 bits per heavy atom. The van der Waals surface area contributed by atoms with E-state index >= 15 is 0 Å². The maximum absolute atomic E-state index is 11.6. The predicted molar refractivity (Wildman–Crippen MR) is 66.2 cm³/mol. The smallest absolute Gasteiger partial charge is 0.338 e. The van der Waals surface area contributed by atoms with E-state index in [2.05, 4.69) is 15.9 Å². The van der Waals surface area contributed by atoms with Crippen LogP contribution in [0.25, 0.3) is 0 Å². The van der Waals surface area contributed by atoms with Crippen molar-refractivity contribution in [2.24, 2.45) is 5.14 Å². The summed E-state index contributed by atoms with van der Waals surface area (Å²) in [6, 6.07) is 2.86. The van der Waals surface area contributed by atoms with Gasteiger partial charge in [-0.2, -0.15) is 0 Å². The number of carbonyl (C=O) groups excluding carboxylic acids is 1. The SMILES string of the molecule is CCOC(=O)c1cc(Br)cc(S(N)(=O)=O)c1C. The summed E-state index contributed by atoms with van der Waals surface area (Å²) in [5.74, 6) is -0.573. The van der Waals surface area contributed by atoms with Crippen LogP contribution in [0.3, 0.4) is 0 Å². The van der Waals surface area contributed by atoms with Crippen LogP contribution >= 0.6 is 15.9 Å². The van der Waals surface area contributed by atoms with E-state index in [-0.39, 0.29) is 22.6 Å². The summed E-state index contributed by atoms with van der Waals surface area (Å²) in [4.78, 5) is 11.5. The number of halogens is 1. The van der Waals surface area contributed by atoms with Crippen molar-refractivity contribution in [1.29, 1.82) is 0 Å². The molecule has 94 valence electrons. The zero-order valence-corrected chi connectivity index (χ0v) is 11.8. The highest BCUT2D eigenvalue weighted by Gasteiger charge is 2.19. The van der Waals surface area contributed by atoms with Gasteiger partial charge in [-0.25, -0.2) is 18.4 Å². The predicted octanol–water partition coefficient (Wildman–Crippen LogP) is 1.58. The molecular weight excluding hydrogens is 310 g/mol. The van der Waals surface area contributed by atoms with Gasteiger partial charge in [-0.15, -0.1) is 0 Å². The molecule has 0 aliphatic rings. The summed E-state index contributed by atoms with van der Waals surface area (Å²) in [6.45, 7) is 3.40. The maximum atomic E-state index is 11.6. The van der Waals surface area contributed by atoms with Crippen LogP contribution in [0.2, 0.25) is 0 Å². The molecule has 17 heavy (non-hydrogen) atoms. The Morgan fingerprint density at radius 2 is 2.06 bits per heavy atom. The van der Waals surface area contributed by atoms with Crippen LogP contribution in [0.1, 0.15) is 22.8 Å². The van der Waals surface area contributed by atoms with Crippen LogP contribution in [0, 0.1) is 6.92 Å². The monoisotopic (exact) mass is 321 g/mol. The minimum absolute atomic E-state index is 0.0880. The number of carbonyl (C=O) groups is 1. The summed E-state index contributed by atoms with van der Waals surface area (Å²) in [6.07, 6.45) is 0. The van der Waals surface area contributed by atoms with Gasteiger partial charge in [0.1, 0.15) is 0 Å². The lowest BCUT2D eigenvalue weighted by Gasteiger charge is -2.10. The summed E-state index contributed by atoms with van der Waals surface area (Å²) in [7, 11) is -3.86. The lowest BCUT2D eigenvalue weighted by atomic mass is 10.1. The summed E-state index contributed by atoms with van der Waals surface area (Å²) >= 11 is 3.13. The van der Waals surface area contributed by atoms with E-state index in [1.165, 1.54) is 19.1 Å². The fourth-order valence-electron chi connectivity index (χ4n) is 1.37. The highest BCUT2D eigenvalue weighted by atomic mass is 79.9. The fourth-order valence-corrected chi connectivity index (χ4v) is 2.81. The molecule has 0 spiro atoms. The number of benzene rings is 1. The van der Waals surface area contributed by atoms with E-state index in [1.54, 1.807) is 6.92 Å². The third-order valence-electron chi connectivity index (χ3n) is 2.13. The van der Waals surface area contributed by atoms with Gasteiger partial charge in [0.15, 0.2) is 0 Å². The van der Waals surface area contributed by atoms with Crippen LogP contribution in [-0.4, -0.2) is 21.0 Å².